The maximum Gasteiger partial charge on any atom is 0.500 e. The summed E-state index contributed by atoms with van der Waals surface area (Å²) >= 11 is 4.08. The maximum absolute atomic E-state index is 6.13. The summed E-state index contributed by atoms with van der Waals surface area (Å²) in [6, 6.07) is 18.2. The van der Waals surface area contributed by atoms with Gasteiger partial charge in [-0.05, 0) is 256 Å². The van der Waals surface area contributed by atoms with Gasteiger partial charge in [0, 0.05) is 138 Å². The highest BCUT2D eigenvalue weighted by molar-refractivity contribution is 9.26. The van der Waals surface area contributed by atoms with E-state index in [-0.39, 0.29) is 0 Å². The van der Waals surface area contributed by atoms with Gasteiger partial charge in [0.2, 0.25) is 0 Å². The average molecular weight is 1550 g/mol. The van der Waals surface area contributed by atoms with Gasteiger partial charge in [0.25, 0.3) is 0 Å². The molecule has 0 aliphatic carbocycles. The molecule has 0 radical (unpaired) electrons. The zero-order valence-electron chi connectivity index (χ0n) is 57.1. The van der Waals surface area contributed by atoms with Crippen LogP contribution in [0.1, 0.15) is 155 Å². The van der Waals surface area contributed by atoms with E-state index in [1.165, 1.54) is 33.4 Å². The quantitative estimate of drug-likeness (QED) is 0.0355. The number of aryl methyl sites for hydroxylation is 6. The molecule has 12 nitrogen and oxygen atoms in total. The Kier molecular flexibility index (Phi) is 59.1. The average Bonchev–Trinajstić information content (AvgIpc) is 3.26. The van der Waals surface area contributed by atoms with Gasteiger partial charge >= 0.3 is 35.2 Å². The van der Waals surface area contributed by atoms with E-state index in [0.717, 1.165) is 159 Å². The van der Waals surface area contributed by atoms with Gasteiger partial charge in [-0.2, -0.15) is 23.5 Å². The molecule has 0 bridgehead atoms. The highest BCUT2D eigenvalue weighted by Crippen LogP contribution is 2.44. The lowest BCUT2D eigenvalue weighted by molar-refractivity contribution is 0.0700. The molecule has 0 fully saturated rings. The lowest BCUT2D eigenvalue weighted by Gasteiger charge is -2.28. The first kappa shape index (κ1) is 89.1. The van der Waals surface area contributed by atoms with Gasteiger partial charge in [-0.1, -0.05) is 101 Å². The molecule has 0 aliphatic rings. The second kappa shape index (κ2) is 59.7. The van der Waals surface area contributed by atoms with Gasteiger partial charge in [0.15, 0.2) is 0 Å². The summed E-state index contributed by atoms with van der Waals surface area (Å²) in [5, 5.41) is 0. The van der Waals surface area contributed by atoms with Gasteiger partial charge in [-0.3, -0.25) is 0 Å². The number of unbranched alkanes of at least 4 members (excludes halogenated alkanes) is 2. The highest BCUT2D eigenvalue weighted by Gasteiger charge is 2.42. The number of hydrogen-bond acceptors (Lipinski definition) is 24. The van der Waals surface area contributed by atoms with E-state index in [0.29, 0.717) is 79.3 Å². The van der Waals surface area contributed by atoms with Crippen LogP contribution >= 0.6 is 128 Å². The van der Waals surface area contributed by atoms with Crippen LogP contribution in [0.25, 0.3) is 0 Å². The fourth-order valence-electron chi connectivity index (χ4n) is 9.92. The fourth-order valence-corrected chi connectivity index (χ4v) is 36.7. The Morgan fingerprint density at radius 2 is 0.500 bits per heavy atom. The molecule has 0 N–H and O–H groups in total. The lowest BCUT2D eigenvalue weighted by atomic mass is 9.99. The summed E-state index contributed by atoms with van der Waals surface area (Å²) in [7, 11) is 9.33. The van der Waals surface area contributed by atoms with Crippen molar-refractivity contribution < 1.29 is 53.1 Å². The van der Waals surface area contributed by atoms with Crippen LogP contribution in [0.4, 0.5) is 0 Å². The van der Waals surface area contributed by atoms with Crippen molar-refractivity contribution in [1.82, 2.24) is 0 Å². The van der Waals surface area contributed by atoms with Crippen molar-refractivity contribution >= 4 is 163 Å². The van der Waals surface area contributed by atoms with E-state index in [1.54, 1.807) is 0 Å². The molecular weight excluding hydrogens is 1430 g/mol. The highest BCUT2D eigenvalue weighted by atomic mass is 33.7. The fraction of sp³-hybridized carbons (Fsp3) is 0.806. The van der Waals surface area contributed by atoms with Crippen LogP contribution < -0.4 is 0 Å². The number of benzene rings is 2. The minimum absolute atomic E-state index is 0.626. The predicted octanol–water partition coefficient (Wildman–Crippen LogP) is 20.4. The van der Waals surface area contributed by atoms with E-state index in [9.17, 15) is 0 Å². The van der Waals surface area contributed by atoms with E-state index < -0.39 is 35.2 Å². The van der Waals surface area contributed by atoms with Crippen LogP contribution in [0, 0.1) is 0 Å². The van der Waals surface area contributed by atoms with Gasteiger partial charge in [-0.15, -0.1) is 0 Å². The van der Waals surface area contributed by atoms with E-state index in [1.807, 2.05) is 211 Å². The predicted molar refractivity (Wildman–Crippen MR) is 424 cm³/mol. The molecule has 0 amide bonds. The third-order valence-corrected chi connectivity index (χ3v) is 43.5. The molecule has 0 aromatic heterocycles. The maximum atomic E-state index is 6.13. The SMILES string of the molecule is CCO[Si](CCCCSSSCCc1cc(CCSSSSCCc2ccc(CCSCCC[Si](OCC)(OCC)OCC)c(CCSSSCCCC[Si](OCC)(OCC)OCC)c2)ccc1CCSCCC[Si](OCC)(OCC)OCC)(OCC)OCC. The molecule has 2 aromatic rings. The molecular formula is C62H118O12S12Si4. The Bertz CT molecular complexity index is 1790. The van der Waals surface area contributed by atoms with E-state index in [2.05, 4.69) is 36.4 Å². The van der Waals surface area contributed by atoms with Crippen molar-refractivity contribution in [2.24, 2.45) is 0 Å². The van der Waals surface area contributed by atoms with Crippen LogP contribution in [-0.4, -0.2) is 172 Å². The zero-order chi connectivity index (χ0) is 65.5. The number of hydrogen-bond donors (Lipinski definition) is 0. The zero-order valence-corrected chi connectivity index (χ0v) is 70.9. The van der Waals surface area contributed by atoms with Crippen molar-refractivity contribution in [3.63, 3.8) is 0 Å². The van der Waals surface area contributed by atoms with Crippen molar-refractivity contribution in [2.45, 2.75) is 184 Å². The molecule has 90 heavy (non-hydrogen) atoms. The standard InChI is InChI=1S/C62H118O12S12Si4/c1-13-63-87(64-14-2,65-15-3)51-27-25-43-77-83-79-49-39-61-55-57(31-33-59(61)37-45-75-41-29-53-89(69-19-7,70-20-8)71-21-9)35-47-81-85-86-82-48-36-58-32-34-60(38-46-76-42-30-54-90(72-22-10,73-23-11)74-24-12)62(56-58)40-50-80-84-78-44-26-28-52-88(66-16-4,67-17-5)68-18-6/h31-34,55-56H,13-30,35-54H2,1-12H3. The third-order valence-electron chi connectivity index (χ3n) is 13.6. The van der Waals surface area contributed by atoms with Gasteiger partial charge in [0.1, 0.15) is 0 Å². The third kappa shape index (κ3) is 41.1. The minimum Gasteiger partial charge on any atom is -0.374 e. The second-order valence-electron chi connectivity index (χ2n) is 20.2. The Morgan fingerprint density at radius 3 is 0.800 bits per heavy atom. The van der Waals surface area contributed by atoms with E-state index in [4.69, 9.17) is 53.1 Å². The molecule has 2 aromatic carbocycles. The minimum atomic E-state index is -2.60. The van der Waals surface area contributed by atoms with Crippen LogP contribution in [0.15, 0.2) is 36.4 Å². The number of thioether (sulfide) groups is 2. The van der Waals surface area contributed by atoms with Crippen molar-refractivity contribution in [1.29, 1.82) is 0 Å². The first-order valence-corrected chi connectivity index (χ1v) is 56.3. The molecule has 0 spiro atoms. The molecule has 28 heteroatoms. The monoisotopic (exact) mass is 1550 g/mol. The molecule has 2 rings (SSSR count). The van der Waals surface area contributed by atoms with Crippen LogP contribution in [-0.2, 0) is 91.6 Å². The van der Waals surface area contributed by atoms with Crippen LogP contribution in [0.3, 0.4) is 0 Å². The van der Waals surface area contributed by atoms with Gasteiger partial charge in [0.05, 0.1) is 0 Å². The first-order chi connectivity index (χ1) is 44.0. The molecule has 0 saturated heterocycles. The van der Waals surface area contributed by atoms with E-state index >= 15 is 0 Å². The van der Waals surface area contributed by atoms with Crippen molar-refractivity contribution in [3.8, 4) is 0 Å². The lowest BCUT2D eigenvalue weighted by Crippen LogP contribution is -2.46. The molecule has 0 saturated carbocycles. The second-order valence-corrected chi connectivity index (χ2v) is 48.7. The smallest absolute Gasteiger partial charge is 0.374 e. The summed E-state index contributed by atoms with van der Waals surface area (Å²) in [5.74, 6) is 11.0. The van der Waals surface area contributed by atoms with Crippen molar-refractivity contribution in [3.05, 3.63) is 69.8 Å². The molecule has 526 valence electrons. The van der Waals surface area contributed by atoms with Gasteiger partial charge in [-0.25, -0.2) is 0 Å². The van der Waals surface area contributed by atoms with Crippen LogP contribution in [0.2, 0.25) is 24.2 Å². The van der Waals surface area contributed by atoms with Gasteiger partial charge < -0.3 is 53.1 Å². The molecule has 0 aliphatic heterocycles. The largest absolute Gasteiger partial charge is 0.500 e. The van der Waals surface area contributed by atoms with Crippen molar-refractivity contribution in [2.75, 3.05) is 137 Å². The first-order valence-electron chi connectivity index (χ1n) is 33.5. The summed E-state index contributed by atoms with van der Waals surface area (Å²) in [5.41, 5.74) is 8.93. The van der Waals surface area contributed by atoms with Crippen LogP contribution in [0.5, 0.6) is 0 Å². The molecule has 0 unspecified atom stereocenters. The Morgan fingerprint density at radius 1 is 0.244 bits per heavy atom. The summed E-state index contributed by atoms with van der Waals surface area (Å²) in [6.45, 7) is 32.0. The molecule has 0 atom stereocenters. The summed E-state index contributed by atoms with van der Waals surface area (Å²) in [6.07, 6.45) is 13.0. The molecule has 0 heterocycles. The number of rotatable bonds is 67. The topological polar surface area (TPSA) is 111 Å². The Hall–Kier alpha value is 3.03. The Labute approximate surface area is 600 Å². The normalized spacial score (nSPS) is 12.5. The summed E-state index contributed by atoms with van der Waals surface area (Å²) in [4.78, 5) is 0. The summed E-state index contributed by atoms with van der Waals surface area (Å²) < 4.78 is 73.2. The Balaban J connectivity index is 1.97.